The lowest BCUT2D eigenvalue weighted by Crippen LogP contribution is -2.03. The van der Waals surface area contributed by atoms with Crippen molar-refractivity contribution in [3.63, 3.8) is 0 Å². The van der Waals surface area contributed by atoms with Crippen molar-refractivity contribution in [2.75, 3.05) is 5.73 Å². The largest absolute Gasteiger partial charge is 0.431 e. The topological polar surface area (TPSA) is 90.7 Å². The van der Waals surface area contributed by atoms with Gasteiger partial charge in [-0.1, -0.05) is 13.8 Å². The monoisotopic (exact) mass is 301 g/mol. The second-order valence-corrected chi connectivity index (χ2v) is 5.42. The highest BCUT2D eigenvalue weighted by molar-refractivity contribution is 7.98. The van der Waals surface area contributed by atoms with E-state index < -0.39 is 0 Å². The van der Waals surface area contributed by atoms with Crippen molar-refractivity contribution in [1.29, 1.82) is 0 Å². The average molecular weight is 301 g/mol. The summed E-state index contributed by atoms with van der Waals surface area (Å²) in [6.07, 6.45) is 1.66. The maximum Gasteiger partial charge on any atom is 0.264 e. The van der Waals surface area contributed by atoms with Crippen molar-refractivity contribution in [2.24, 2.45) is 0 Å². The molecule has 0 unspecified atom stereocenters. The van der Waals surface area contributed by atoms with Gasteiger partial charge in [0.25, 0.3) is 5.22 Å². The zero-order valence-corrected chi connectivity index (χ0v) is 12.6. The maximum absolute atomic E-state index is 5.73. The minimum absolute atomic E-state index is 0.490. The minimum atomic E-state index is 0.490. The Morgan fingerprint density at radius 3 is 2.67 bits per heavy atom. The molecule has 2 aromatic heterocycles. The number of oxazole rings is 1. The molecule has 0 atom stereocenters. The Morgan fingerprint density at radius 1 is 1.10 bits per heavy atom. The number of hydrogen-bond acceptors (Lipinski definition) is 7. The number of anilines is 1. The normalized spacial score (nSPS) is 11.1. The molecule has 3 rings (SSSR count). The Kier molecular flexibility index (Phi) is 3.74. The van der Waals surface area contributed by atoms with Crippen LogP contribution in [0.4, 0.5) is 5.69 Å². The van der Waals surface area contributed by atoms with Crippen molar-refractivity contribution in [1.82, 2.24) is 20.2 Å². The van der Waals surface area contributed by atoms with E-state index in [0.717, 1.165) is 29.7 Å². The van der Waals surface area contributed by atoms with Gasteiger partial charge in [0, 0.05) is 17.4 Å². The molecule has 108 valence electrons. The lowest BCUT2D eigenvalue weighted by atomic mass is 10.2. The molecular formula is C14H15N5OS. The van der Waals surface area contributed by atoms with E-state index in [1.54, 1.807) is 18.2 Å². The van der Waals surface area contributed by atoms with E-state index in [-0.39, 0.29) is 0 Å². The number of nitrogens with zero attached hydrogens (tertiary/aromatic N) is 4. The van der Waals surface area contributed by atoms with E-state index in [0.29, 0.717) is 21.6 Å². The molecule has 3 aromatic rings. The van der Waals surface area contributed by atoms with Gasteiger partial charge < -0.3 is 10.2 Å². The first-order chi connectivity index (χ1) is 10.2. The highest BCUT2D eigenvalue weighted by Crippen LogP contribution is 2.28. The van der Waals surface area contributed by atoms with Gasteiger partial charge >= 0.3 is 0 Å². The summed E-state index contributed by atoms with van der Waals surface area (Å²) < 4.78 is 5.65. The van der Waals surface area contributed by atoms with Crippen LogP contribution in [0, 0.1) is 0 Å². The molecule has 6 nitrogen and oxygen atoms in total. The van der Waals surface area contributed by atoms with Crippen molar-refractivity contribution >= 4 is 28.5 Å². The first-order valence-electron chi connectivity index (χ1n) is 6.76. The van der Waals surface area contributed by atoms with E-state index in [1.807, 2.05) is 6.92 Å². The summed E-state index contributed by atoms with van der Waals surface area (Å²) in [5, 5.41) is 9.36. The maximum atomic E-state index is 5.73. The first-order valence-corrected chi connectivity index (χ1v) is 7.57. The summed E-state index contributed by atoms with van der Waals surface area (Å²) in [7, 11) is 0. The number of aromatic nitrogens is 4. The van der Waals surface area contributed by atoms with Gasteiger partial charge in [-0.3, -0.25) is 0 Å². The molecule has 0 saturated carbocycles. The molecule has 0 amide bonds. The molecule has 0 saturated heterocycles. The summed E-state index contributed by atoms with van der Waals surface area (Å²) >= 11 is 1.26. The van der Waals surface area contributed by atoms with Gasteiger partial charge in [0.2, 0.25) is 5.16 Å². The molecule has 0 aliphatic rings. The van der Waals surface area contributed by atoms with Crippen LogP contribution in [0.15, 0.2) is 33.0 Å². The summed E-state index contributed by atoms with van der Waals surface area (Å²) in [6.45, 7) is 4.10. The average Bonchev–Trinajstić information content (AvgIpc) is 2.88. The van der Waals surface area contributed by atoms with Gasteiger partial charge in [-0.15, -0.1) is 5.10 Å². The van der Waals surface area contributed by atoms with Gasteiger partial charge in [0.1, 0.15) is 5.52 Å². The summed E-state index contributed by atoms with van der Waals surface area (Å²) in [4.78, 5) is 8.89. The Hall–Kier alpha value is -2.15. The first kappa shape index (κ1) is 13.8. The van der Waals surface area contributed by atoms with Crippen LogP contribution in [0.1, 0.15) is 25.2 Å². The van der Waals surface area contributed by atoms with Crippen LogP contribution in [-0.2, 0) is 12.8 Å². The SMILES string of the molecule is CCc1nnc(Sc2nc3cc(N)ccc3o2)nc1CC. The molecule has 2 heterocycles. The van der Waals surface area contributed by atoms with Crippen LogP contribution in [0.5, 0.6) is 0 Å². The fourth-order valence-corrected chi connectivity index (χ4v) is 2.68. The van der Waals surface area contributed by atoms with Crippen molar-refractivity contribution < 1.29 is 4.42 Å². The minimum Gasteiger partial charge on any atom is -0.431 e. The Bertz CT molecular complexity index is 786. The van der Waals surface area contributed by atoms with Crippen molar-refractivity contribution in [3.05, 3.63) is 29.6 Å². The van der Waals surface area contributed by atoms with Crippen LogP contribution in [0.3, 0.4) is 0 Å². The lowest BCUT2D eigenvalue weighted by molar-refractivity contribution is 0.488. The van der Waals surface area contributed by atoms with Crippen molar-refractivity contribution in [2.45, 2.75) is 37.1 Å². The lowest BCUT2D eigenvalue weighted by Gasteiger charge is -2.03. The number of benzene rings is 1. The quantitative estimate of drug-likeness (QED) is 0.741. The number of nitrogen functional groups attached to an aromatic ring is 1. The number of fused-ring (bicyclic) bond motifs is 1. The standard InChI is InChI=1S/C14H15N5OS/c1-3-9-10(4-2)18-19-13(16-9)21-14-17-11-7-8(15)5-6-12(11)20-14/h5-7H,3-4,15H2,1-2H3. The van der Waals surface area contributed by atoms with E-state index in [2.05, 4.69) is 27.1 Å². The van der Waals surface area contributed by atoms with Gasteiger partial charge in [-0.25, -0.2) is 9.97 Å². The van der Waals surface area contributed by atoms with Crippen molar-refractivity contribution in [3.8, 4) is 0 Å². The van der Waals surface area contributed by atoms with Gasteiger partial charge in [-0.05, 0) is 31.0 Å². The van der Waals surface area contributed by atoms with Gasteiger partial charge in [-0.2, -0.15) is 5.10 Å². The molecule has 0 bridgehead atoms. The fourth-order valence-electron chi connectivity index (χ4n) is 2.01. The zero-order valence-electron chi connectivity index (χ0n) is 11.8. The summed E-state index contributed by atoms with van der Waals surface area (Å²) in [5.41, 5.74) is 9.72. The Labute approximate surface area is 126 Å². The Morgan fingerprint density at radius 2 is 1.90 bits per heavy atom. The second-order valence-electron chi connectivity index (χ2n) is 4.50. The second kappa shape index (κ2) is 5.69. The predicted molar refractivity (Wildman–Crippen MR) is 81.1 cm³/mol. The highest BCUT2D eigenvalue weighted by atomic mass is 32.2. The van der Waals surface area contributed by atoms with Gasteiger partial charge in [0.05, 0.1) is 11.4 Å². The van der Waals surface area contributed by atoms with Crippen LogP contribution in [-0.4, -0.2) is 20.2 Å². The molecule has 0 fully saturated rings. The number of nitrogens with two attached hydrogens (primary N) is 1. The number of rotatable bonds is 4. The van der Waals surface area contributed by atoms with Crippen LogP contribution in [0.2, 0.25) is 0 Å². The Balaban J connectivity index is 1.91. The third-order valence-electron chi connectivity index (χ3n) is 3.06. The molecule has 7 heteroatoms. The van der Waals surface area contributed by atoms with E-state index in [4.69, 9.17) is 10.2 Å². The molecule has 2 N–H and O–H groups in total. The van der Waals surface area contributed by atoms with E-state index in [1.165, 1.54) is 11.8 Å². The molecular weight excluding hydrogens is 286 g/mol. The molecule has 21 heavy (non-hydrogen) atoms. The fraction of sp³-hybridized carbons (Fsp3) is 0.286. The highest BCUT2D eigenvalue weighted by Gasteiger charge is 2.12. The van der Waals surface area contributed by atoms with Crippen LogP contribution in [0.25, 0.3) is 11.1 Å². The summed E-state index contributed by atoms with van der Waals surface area (Å²) in [6, 6.07) is 5.36. The molecule has 1 aromatic carbocycles. The van der Waals surface area contributed by atoms with E-state index >= 15 is 0 Å². The molecule has 0 radical (unpaired) electrons. The van der Waals surface area contributed by atoms with Crippen LogP contribution >= 0.6 is 11.8 Å². The number of aryl methyl sites for hydroxylation is 2. The molecule has 0 aliphatic carbocycles. The zero-order chi connectivity index (χ0) is 14.8. The third kappa shape index (κ3) is 2.82. The number of hydrogen-bond donors (Lipinski definition) is 1. The molecule has 0 spiro atoms. The smallest absolute Gasteiger partial charge is 0.264 e. The predicted octanol–water partition coefficient (Wildman–Crippen LogP) is 2.87. The molecule has 0 aliphatic heterocycles. The van der Waals surface area contributed by atoms with Crippen LogP contribution < -0.4 is 5.73 Å². The third-order valence-corrected chi connectivity index (χ3v) is 3.77. The van der Waals surface area contributed by atoms with E-state index in [9.17, 15) is 0 Å². The van der Waals surface area contributed by atoms with Gasteiger partial charge in [0.15, 0.2) is 5.58 Å². The summed E-state index contributed by atoms with van der Waals surface area (Å²) in [5.74, 6) is 0.